The summed E-state index contributed by atoms with van der Waals surface area (Å²) in [6, 6.07) is 12.2. The van der Waals surface area contributed by atoms with Crippen LogP contribution in [-0.4, -0.2) is 25.5 Å². The Morgan fingerprint density at radius 2 is 1.63 bits per heavy atom. The molecule has 27 heavy (non-hydrogen) atoms. The average molecular weight is 362 g/mol. The van der Waals surface area contributed by atoms with E-state index >= 15 is 0 Å². The monoisotopic (exact) mass is 362 g/mol. The van der Waals surface area contributed by atoms with E-state index in [1.54, 1.807) is 49.1 Å². The van der Waals surface area contributed by atoms with Crippen molar-refractivity contribution in [2.75, 3.05) is 0 Å². The number of nitrogens with zero attached hydrogens (tertiary/aromatic N) is 4. The summed E-state index contributed by atoms with van der Waals surface area (Å²) in [5.41, 5.74) is 1.59. The molecule has 0 radical (unpaired) electrons. The lowest BCUT2D eigenvalue weighted by Gasteiger charge is -2.08. The third-order valence-corrected chi connectivity index (χ3v) is 4.11. The summed E-state index contributed by atoms with van der Waals surface area (Å²) in [5, 5.41) is 4.88. The van der Waals surface area contributed by atoms with Gasteiger partial charge in [-0.1, -0.05) is 0 Å². The summed E-state index contributed by atoms with van der Waals surface area (Å²) in [7, 11) is 1.80. The van der Waals surface area contributed by atoms with Crippen LogP contribution < -0.4 is 4.74 Å². The van der Waals surface area contributed by atoms with E-state index in [0.717, 1.165) is 0 Å². The normalized spacial score (nSPS) is 10.9. The van der Waals surface area contributed by atoms with Crippen LogP contribution in [0.3, 0.4) is 0 Å². The van der Waals surface area contributed by atoms with E-state index in [1.807, 2.05) is 0 Å². The van der Waals surface area contributed by atoms with Gasteiger partial charge in [-0.3, -0.25) is 9.48 Å². The molecule has 0 bridgehead atoms. The van der Waals surface area contributed by atoms with Crippen LogP contribution in [0.25, 0.3) is 11.0 Å². The van der Waals surface area contributed by atoms with Crippen LogP contribution in [0.4, 0.5) is 4.39 Å². The van der Waals surface area contributed by atoms with Crippen LogP contribution in [-0.2, 0) is 7.05 Å². The Hall–Kier alpha value is -3.61. The number of halogens is 1. The predicted octanol–water partition coefficient (Wildman–Crippen LogP) is 3.83. The van der Waals surface area contributed by atoms with E-state index in [1.165, 1.54) is 24.3 Å². The number of benzene rings is 2. The van der Waals surface area contributed by atoms with Gasteiger partial charge in [0, 0.05) is 18.2 Å². The zero-order chi connectivity index (χ0) is 19.0. The van der Waals surface area contributed by atoms with Crippen molar-refractivity contribution in [2.45, 2.75) is 6.92 Å². The van der Waals surface area contributed by atoms with Crippen molar-refractivity contribution in [1.82, 2.24) is 19.7 Å². The van der Waals surface area contributed by atoms with Crippen molar-refractivity contribution in [3.8, 4) is 11.6 Å². The maximum atomic E-state index is 13.0. The molecule has 134 valence electrons. The van der Waals surface area contributed by atoms with E-state index in [-0.39, 0.29) is 11.6 Å². The van der Waals surface area contributed by atoms with Gasteiger partial charge in [0.05, 0.1) is 6.20 Å². The van der Waals surface area contributed by atoms with E-state index in [4.69, 9.17) is 4.74 Å². The molecular weight excluding hydrogens is 347 g/mol. The summed E-state index contributed by atoms with van der Waals surface area (Å²) >= 11 is 0. The Morgan fingerprint density at radius 3 is 2.30 bits per heavy atom. The Bertz CT molecular complexity index is 1140. The van der Waals surface area contributed by atoms with E-state index in [9.17, 15) is 9.18 Å². The van der Waals surface area contributed by atoms with Gasteiger partial charge >= 0.3 is 0 Å². The quantitative estimate of drug-likeness (QED) is 0.516. The summed E-state index contributed by atoms with van der Waals surface area (Å²) in [6.07, 6.45) is 1.65. The van der Waals surface area contributed by atoms with Crippen molar-refractivity contribution in [3.05, 3.63) is 77.5 Å². The molecule has 7 heteroatoms. The fourth-order valence-corrected chi connectivity index (χ4v) is 2.73. The highest BCUT2D eigenvalue weighted by Crippen LogP contribution is 2.27. The van der Waals surface area contributed by atoms with Crippen LogP contribution >= 0.6 is 0 Å². The number of fused-ring (bicyclic) bond motifs is 1. The van der Waals surface area contributed by atoms with Crippen LogP contribution in [0.1, 0.15) is 21.7 Å². The summed E-state index contributed by atoms with van der Waals surface area (Å²) in [4.78, 5) is 21.1. The number of rotatable bonds is 4. The minimum atomic E-state index is -0.378. The van der Waals surface area contributed by atoms with E-state index in [0.29, 0.717) is 39.6 Å². The Kier molecular flexibility index (Phi) is 4.12. The first-order chi connectivity index (χ1) is 13.0. The average Bonchev–Trinajstić information content (AvgIpc) is 3.03. The highest BCUT2D eigenvalue weighted by Gasteiger charge is 2.13. The second kappa shape index (κ2) is 6.60. The molecule has 0 aliphatic rings. The first-order valence-corrected chi connectivity index (χ1v) is 8.26. The largest absolute Gasteiger partial charge is 0.438 e. The molecule has 0 amide bonds. The van der Waals surface area contributed by atoms with Gasteiger partial charge in [0.1, 0.15) is 22.8 Å². The third kappa shape index (κ3) is 3.27. The molecule has 2 heterocycles. The molecule has 0 atom stereocenters. The molecule has 0 aliphatic carbocycles. The van der Waals surface area contributed by atoms with Crippen LogP contribution in [0, 0.1) is 12.7 Å². The lowest BCUT2D eigenvalue weighted by atomic mass is 10.0. The van der Waals surface area contributed by atoms with Crippen molar-refractivity contribution >= 4 is 16.8 Å². The Labute approximate surface area is 154 Å². The minimum absolute atomic E-state index is 0.186. The number of aryl methyl sites for hydroxylation is 2. The molecule has 4 aromatic rings. The van der Waals surface area contributed by atoms with Crippen LogP contribution in [0.5, 0.6) is 11.6 Å². The summed E-state index contributed by atoms with van der Waals surface area (Å²) < 4.78 is 20.5. The van der Waals surface area contributed by atoms with Gasteiger partial charge in [-0.25, -0.2) is 9.37 Å². The zero-order valence-corrected chi connectivity index (χ0v) is 14.7. The molecule has 2 aromatic carbocycles. The minimum Gasteiger partial charge on any atom is -0.438 e. The van der Waals surface area contributed by atoms with Gasteiger partial charge < -0.3 is 4.74 Å². The van der Waals surface area contributed by atoms with Gasteiger partial charge in [0.15, 0.2) is 11.4 Å². The molecule has 6 nitrogen and oxygen atoms in total. The van der Waals surface area contributed by atoms with Crippen molar-refractivity contribution < 1.29 is 13.9 Å². The van der Waals surface area contributed by atoms with Crippen molar-refractivity contribution in [1.29, 1.82) is 0 Å². The number of hydrogen-bond donors (Lipinski definition) is 0. The van der Waals surface area contributed by atoms with Gasteiger partial charge in [-0.05, 0) is 55.5 Å². The Balaban J connectivity index is 1.60. The predicted molar refractivity (Wildman–Crippen MR) is 97.4 cm³/mol. The van der Waals surface area contributed by atoms with Crippen LogP contribution in [0.2, 0.25) is 0 Å². The maximum Gasteiger partial charge on any atom is 0.233 e. The first-order valence-electron chi connectivity index (χ1n) is 8.26. The van der Waals surface area contributed by atoms with E-state index < -0.39 is 0 Å². The topological polar surface area (TPSA) is 69.9 Å². The van der Waals surface area contributed by atoms with E-state index in [2.05, 4.69) is 15.1 Å². The smallest absolute Gasteiger partial charge is 0.233 e. The number of hydrogen-bond acceptors (Lipinski definition) is 5. The number of carbonyl (C=O) groups excluding carboxylic acids is 1. The van der Waals surface area contributed by atoms with Gasteiger partial charge in [-0.15, -0.1) is 0 Å². The van der Waals surface area contributed by atoms with Crippen molar-refractivity contribution in [2.24, 2.45) is 7.05 Å². The molecule has 0 unspecified atom stereocenters. The number of carbonyl (C=O) groups is 1. The molecule has 0 spiro atoms. The number of ketones is 1. The Morgan fingerprint density at radius 1 is 1.00 bits per heavy atom. The number of ether oxygens (including phenoxy) is 1. The molecule has 0 saturated heterocycles. The van der Waals surface area contributed by atoms with Crippen LogP contribution in [0.15, 0.2) is 54.7 Å². The summed E-state index contributed by atoms with van der Waals surface area (Å²) in [5.74, 6) is 0.951. The number of aromatic nitrogens is 4. The SMILES string of the molecule is Cc1nc(Oc2ccc(C(=O)c3ccc(F)cc3)cc2)c2cnn(C)c2n1. The highest BCUT2D eigenvalue weighted by atomic mass is 19.1. The standard InChI is InChI=1S/C20H15FN4O2/c1-12-23-19-17(11-22-25(19)2)20(24-12)27-16-9-5-14(6-10-16)18(26)13-3-7-15(21)8-4-13/h3-11H,1-2H3. The second-order valence-electron chi connectivity index (χ2n) is 6.04. The molecule has 0 N–H and O–H groups in total. The molecule has 0 saturated carbocycles. The first kappa shape index (κ1) is 16.8. The second-order valence-corrected chi connectivity index (χ2v) is 6.04. The lowest BCUT2D eigenvalue weighted by molar-refractivity contribution is 0.103. The molecular formula is C20H15FN4O2. The lowest BCUT2D eigenvalue weighted by Crippen LogP contribution is -2.01. The van der Waals surface area contributed by atoms with Gasteiger partial charge in [0.2, 0.25) is 5.88 Å². The zero-order valence-electron chi connectivity index (χ0n) is 14.7. The summed E-state index contributed by atoms with van der Waals surface area (Å²) in [6.45, 7) is 1.78. The molecule has 4 rings (SSSR count). The molecule has 2 aromatic heterocycles. The molecule has 0 aliphatic heterocycles. The highest BCUT2D eigenvalue weighted by molar-refractivity contribution is 6.09. The fraction of sp³-hybridized carbons (Fsp3) is 0.100. The van der Waals surface area contributed by atoms with Gasteiger partial charge in [0.25, 0.3) is 0 Å². The maximum absolute atomic E-state index is 13.0. The third-order valence-electron chi connectivity index (χ3n) is 4.11. The fourth-order valence-electron chi connectivity index (χ4n) is 2.73. The van der Waals surface area contributed by atoms with Crippen molar-refractivity contribution in [3.63, 3.8) is 0 Å². The van der Waals surface area contributed by atoms with Gasteiger partial charge in [-0.2, -0.15) is 10.1 Å². The molecule has 0 fully saturated rings.